The molecule has 9 nitrogen and oxygen atoms in total. The number of hydrogen-bond donors (Lipinski definition) is 2. The van der Waals surface area contributed by atoms with E-state index in [9.17, 15) is 22.6 Å². The molecule has 0 aromatic heterocycles. The van der Waals surface area contributed by atoms with Crippen LogP contribution in [0, 0.1) is 6.92 Å². The number of Topliss-reactive ketones (excluding diaryl/α,β-unsaturated/α-hetero) is 1. The van der Waals surface area contributed by atoms with E-state index in [0.717, 1.165) is 6.92 Å². The van der Waals surface area contributed by atoms with Crippen molar-refractivity contribution in [3.05, 3.63) is 48.0 Å². The summed E-state index contributed by atoms with van der Waals surface area (Å²) in [6.07, 6.45) is 0. The second-order valence-electron chi connectivity index (χ2n) is 5.86. The first-order valence-corrected chi connectivity index (χ1v) is 9.51. The minimum Gasteiger partial charge on any atom is -0.495 e. The molecule has 1 amide bonds. The van der Waals surface area contributed by atoms with E-state index in [0.29, 0.717) is 17.0 Å². The van der Waals surface area contributed by atoms with Gasteiger partial charge >= 0.3 is 0 Å². The zero-order valence-electron chi connectivity index (χ0n) is 16.1. The summed E-state index contributed by atoms with van der Waals surface area (Å²) < 4.78 is 37.5. The van der Waals surface area contributed by atoms with E-state index in [-0.39, 0.29) is 54.6 Å². The Morgan fingerprint density at radius 1 is 1.17 bits per heavy atom. The van der Waals surface area contributed by atoms with Crippen molar-refractivity contribution in [1.29, 1.82) is 0 Å². The molecule has 0 spiro atoms. The molecule has 0 heterocycles. The number of methoxy groups -OCH3 is 1. The maximum Gasteiger partial charge on any atom is 0.296 e. The van der Waals surface area contributed by atoms with Crippen LogP contribution in [0.15, 0.2) is 57.6 Å². The number of anilines is 1. The van der Waals surface area contributed by atoms with Gasteiger partial charge in [0.15, 0.2) is 5.78 Å². The normalized spacial score (nSPS) is 12.1. The van der Waals surface area contributed by atoms with Crippen LogP contribution in [0.2, 0.25) is 0 Å². The van der Waals surface area contributed by atoms with E-state index >= 15 is 0 Å². The monoisotopic (exact) mass is 543 g/mol. The maximum absolute atomic E-state index is 12.5. The molecule has 2 aromatic carbocycles. The van der Waals surface area contributed by atoms with Gasteiger partial charge < -0.3 is 10.1 Å². The number of amides is 1. The summed E-state index contributed by atoms with van der Waals surface area (Å²) >= 11 is 0. The van der Waals surface area contributed by atoms with Gasteiger partial charge in [-0.1, -0.05) is 18.2 Å². The second kappa shape index (κ2) is 11.0. The van der Waals surface area contributed by atoms with Gasteiger partial charge in [0.2, 0.25) is 6.04 Å². The van der Waals surface area contributed by atoms with Crippen LogP contribution in [0.3, 0.4) is 0 Å². The van der Waals surface area contributed by atoms with E-state index in [1.54, 1.807) is 37.3 Å². The van der Waals surface area contributed by atoms with Gasteiger partial charge in [0.25, 0.3) is 16.0 Å². The van der Waals surface area contributed by atoms with Crippen LogP contribution >= 0.6 is 0 Å². The van der Waals surface area contributed by atoms with Gasteiger partial charge in [0.1, 0.15) is 16.3 Å². The smallest absolute Gasteiger partial charge is 0.296 e. The number of ether oxygens (including phenoxy) is 1. The summed E-state index contributed by atoms with van der Waals surface area (Å²) in [6.45, 7) is 2.79. The van der Waals surface area contributed by atoms with E-state index in [2.05, 4.69) is 15.5 Å². The van der Waals surface area contributed by atoms with Crippen LogP contribution in [0.4, 0.5) is 11.4 Å². The first-order chi connectivity index (χ1) is 13.1. The molecular formula is C18H19BaN3O6S. The first kappa shape index (κ1) is 25.5. The SMILES string of the molecule is COc1ccccc1NC(=O)C(N=Nc1ccc(C)cc1S(=O)(=O)O)C(C)=O.[Ba]. The summed E-state index contributed by atoms with van der Waals surface area (Å²) in [7, 11) is -3.13. The number of carbonyl (C=O) groups excluding carboxylic acids is 2. The predicted molar refractivity (Wildman–Crippen MR) is 107 cm³/mol. The Morgan fingerprint density at radius 2 is 1.83 bits per heavy atom. The number of aryl methyl sites for hydroxylation is 1. The van der Waals surface area contributed by atoms with Crippen LogP contribution in [0.1, 0.15) is 12.5 Å². The largest absolute Gasteiger partial charge is 0.495 e. The molecule has 1 unspecified atom stereocenters. The average Bonchev–Trinajstić information content (AvgIpc) is 2.62. The third-order valence-corrected chi connectivity index (χ3v) is 4.56. The van der Waals surface area contributed by atoms with Crippen LogP contribution < -0.4 is 10.1 Å². The molecule has 0 aliphatic heterocycles. The van der Waals surface area contributed by atoms with Crippen LogP contribution in [0.25, 0.3) is 0 Å². The Hall–Kier alpha value is -1.54. The van der Waals surface area contributed by atoms with Gasteiger partial charge in [-0.25, -0.2) is 0 Å². The fourth-order valence-electron chi connectivity index (χ4n) is 2.30. The van der Waals surface area contributed by atoms with Gasteiger partial charge in [-0.15, -0.1) is 0 Å². The van der Waals surface area contributed by atoms with Crippen molar-refractivity contribution in [3.63, 3.8) is 0 Å². The number of benzene rings is 2. The van der Waals surface area contributed by atoms with Gasteiger partial charge in [0, 0.05) is 48.9 Å². The van der Waals surface area contributed by atoms with Gasteiger partial charge in [0.05, 0.1) is 12.8 Å². The summed E-state index contributed by atoms with van der Waals surface area (Å²) in [6, 6.07) is 9.17. The summed E-state index contributed by atoms with van der Waals surface area (Å²) in [5.41, 5.74) is 0.721. The number of nitrogens with zero attached hydrogens (tertiary/aromatic N) is 2. The van der Waals surface area contributed by atoms with Crippen molar-refractivity contribution < 1.29 is 27.3 Å². The van der Waals surface area contributed by atoms with Crippen LogP contribution in [-0.4, -0.2) is 86.7 Å². The third-order valence-electron chi connectivity index (χ3n) is 3.67. The number of rotatable bonds is 7. The molecule has 0 saturated carbocycles. The molecule has 150 valence electrons. The number of ketones is 1. The van der Waals surface area contributed by atoms with Crippen molar-refractivity contribution in [2.45, 2.75) is 24.8 Å². The fourth-order valence-corrected chi connectivity index (χ4v) is 3.01. The Balaban J connectivity index is 0.00000420. The third kappa shape index (κ3) is 7.03. The first-order valence-electron chi connectivity index (χ1n) is 8.07. The van der Waals surface area contributed by atoms with Crippen LogP contribution in [0.5, 0.6) is 5.75 Å². The van der Waals surface area contributed by atoms with E-state index in [1.807, 2.05) is 0 Å². The molecule has 2 N–H and O–H groups in total. The quantitative estimate of drug-likeness (QED) is 0.239. The van der Waals surface area contributed by atoms with Crippen LogP contribution in [-0.2, 0) is 19.7 Å². The number of carbonyl (C=O) groups is 2. The molecule has 0 bridgehead atoms. The zero-order chi connectivity index (χ0) is 20.9. The van der Waals surface area contributed by atoms with Crippen molar-refractivity contribution in [2.24, 2.45) is 10.2 Å². The van der Waals surface area contributed by atoms with Gasteiger partial charge in [-0.3, -0.25) is 14.1 Å². The minimum absolute atomic E-state index is 0. The summed E-state index contributed by atoms with van der Waals surface area (Å²) in [5.74, 6) is -0.972. The van der Waals surface area contributed by atoms with Crippen molar-refractivity contribution in [2.75, 3.05) is 12.4 Å². The Bertz CT molecular complexity index is 1040. The molecule has 29 heavy (non-hydrogen) atoms. The molecule has 0 saturated heterocycles. The summed E-state index contributed by atoms with van der Waals surface area (Å²) in [4.78, 5) is 23.9. The topological polar surface area (TPSA) is 134 Å². The molecule has 11 heteroatoms. The van der Waals surface area contributed by atoms with Crippen molar-refractivity contribution in [1.82, 2.24) is 0 Å². The average molecular weight is 543 g/mol. The van der Waals surface area contributed by atoms with Crippen molar-refractivity contribution in [3.8, 4) is 5.75 Å². The van der Waals surface area contributed by atoms with E-state index in [4.69, 9.17) is 4.74 Å². The standard InChI is InChI=1S/C18H19N3O6S.Ba/c1-11-8-9-14(16(10-11)28(24,25)26)20-21-17(12(2)22)18(23)19-13-6-4-5-7-15(13)27-3;/h4-10,17H,1-3H3,(H,19,23)(H,24,25,26);. The molecule has 1 atom stereocenters. The molecular weight excluding hydrogens is 524 g/mol. The van der Waals surface area contributed by atoms with E-state index < -0.39 is 32.7 Å². The van der Waals surface area contributed by atoms with E-state index in [1.165, 1.54) is 19.2 Å². The van der Waals surface area contributed by atoms with Crippen molar-refractivity contribution >= 4 is 82.1 Å². The molecule has 2 rings (SSSR count). The Morgan fingerprint density at radius 3 is 2.41 bits per heavy atom. The molecule has 2 aromatic rings. The predicted octanol–water partition coefficient (Wildman–Crippen LogP) is 2.55. The molecule has 0 fully saturated rings. The van der Waals surface area contributed by atoms with Gasteiger partial charge in [-0.05, 0) is 43.7 Å². The number of azo groups is 1. The molecule has 2 radical (unpaired) electrons. The molecule has 0 aliphatic rings. The Kier molecular flexibility index (Phi) is 9.69. The second-order valence-corrected chi connectivity index (χ2v) is 7.25. The number of para-hydroxylation sites is 2. The molecule has 0 aliphatic carbocycles. The summed E-state index contributed by atoms with van der Waals surface area (Å²) in [5, 5.41) is 9.94. The minimum atomic E-state index is -4.56. The number of nitrogens with one attached hydrogen (secondary N) is 1. The Labute approximate surface area is 208 Å². The zero-order valence-corrected chi connectivity index (χ0v) is 21.4. The van der Waals surface area contributed by atoms with Gasteiger partial charge in [-0.2, -0.15) is 18.6 Å². The fraction of sp³-hybridized carbons (Fsp3) is 0.222. The maximum atomic E-state index is 12.5. The number of hydrogen-bond acceptors (Lipinski definition) is 7.